The van der Waals surface area contributed by atoms with Crippen LogP contribution in [0.1, 0.15) is 27.7 Å². The molecular formula is C12H22OSi. The highest BCUT2D eigenvalue weighted by molar-refractivity contribution is 6.69. The van der Waals surface area contributed by atoms with Gasteiger partial charge in [0.1, 0.15) is 0 Å². The molecule has 0 amide bonds. The van der Waals surface area contributed by atoms with Crippen molar-refractivity contribution in [2.24, 2.45) is 5.92 Å². The SMILES string of the molecule is CC1=C=C(C)C(C)(O[Si](C)(C)C)C1C. The zero-order valence-electron chi connectivity index (χ0n) is 10.5. The third-order valence-corrected chi connectivity index (χ3v) is 4.16. The summed E-state index contributed by atoms with van der Waals surface area (Å²) in [6, 6.07) is 0. The molecule has 0 aromatic heterocycles. The molecule has 0 N–H and O–H groups in total. The fourth-order valence-corrected chi connectivity index (χ4v) is 3.67. The number of hydrogen-bond acceptors (Lipinski definition) is 1. The van der Waals surface area contributed by atoms with Gasteiger partial charge in [-0.15, -0.1) is 5.73 Å². The Balaban J connectivity index is 2.94. The van der Waals surface area contributed by atoms with Gasteiger partial charge in [-0.1, -0.05) is 6.92 Å². The second-order valence-corrected chi connectivity index (χ2v) is 9.91. The summed E-state index contributed by atoms with van der Waals surface area (Å²) in [5, 5.41) is 0. The molecule has 0 saturated heterocycles. The predicted molar refractivity (Wildman–Crippen MR) is 63.9 cm³/mol. The largest absolute Gasteiger partial charge is 0.408 e. The molecule has 0 fully saturated rings. The molecule has 0 aromatic carbocycles. The van der Waals surface area contributed by atoms with Gasteiger partial charge >= 0.3 is 0 Å². The van der Waals surface area contributed by atoms with Crippen LogP contribution in [0.15, 0.2) is 16.9 Å². The van der Waals surface area contributed by atoms with Gasteiger partial charge in [-0.3, -0.25) is 0 Å². The van der Waals surface area contributed by atoms with E-state index in [0.717, 1.165) is 0 Å². The normalized spacial score (nSPS) is 32.9. The summed E-state index contributed by atoms with van der Waals surface area (Å²) in [4.78, 5) is 0. The molecule has 80 valence electrons. The third-order valence-electron chi connectivity index (χ3n) is 3.12. The fraction of sp³-hybridized carbons (Fsp3) is 0.750. The van der Waals surface area contributed by atoms with E-state index in [2.05, 4.69) is 53.1 Å². The van der Waals surface area contributed by atoms with E-state index in [1.807, 2.05) is 0 Å². The van der Waals surface area contributed by atoms with Crippen molar-refractivity contribution < 1.29 is 4.43 Å². The monoisotopic (exact) mass is 210 g/mol. The van der Waals surface area contributed by atoms with Gasteiger partial charge in [-0.2, -0.15) is 0 Å². The van der Waals surface area contributed by atoms with E-state index in [1.165, 1.54) is 11.1 Å². The maximum atomic E-state index is 6.30. The molecule has 0 spiro atoms. The molecule has 1 rings (SSSR count). The minimum Gasteiger partial charge on any atom is -0.408 e. The van der Waals surface area contributed by atoms with Crippen LogP contribution < -0.4 is 0 Å². The predicted octanol–water partition coefficient (Wildman–Crippen LogP) is 3.74. The summed E-state index contributed by atoms with van der Waals surface area (Å²) in [5.74, 6) is 0.467. The summed E-state index contributed by atoms with van der Waals surface area (Å²) in [5.41, 5.74) is 5.88. The lowest BCUT2D eigenvalue weighted by atomic mass is 9.87. The van der Waals surface area contributed by atoms with Crippen LogP contribution in [0.3, 0.4) is 0 Å². The quantitative estimate of drug-likeness (QED) is 0.498. The van der Waals surface area contributed by atoms with Crippen LogP contribution in [0.4, 0.5) is 0 Å². The van der Waals surface area contributed by atoms with E-state index in [1.54, 1.807) is 0 Å². The van der Waals surface area contributed by atoms with E-state index in [0.29, 0.717) is 5.92 Å². The zero-order chi connectivity index (χ0) is 11.1. The maximum Gasteiger partial charge on any atom is 0.185 e. The van der Waals surface area contributed by atoms with Gasteiger partial charge in [0.2, 0.25) is 0 Å². The molecule has 0 heterocycles. The summed E-state index contributed by atoms with van der Waals surface area (Å²) in [6.45, 7) is 15.4. The Kier molecular flexibility index (Phi) is 2.83. The summed E-state index contributed by atoms with van der Waals surface area (Å²) >= 11 is 0. The van der Waals surface area contributed by atoms with Crippen LogP contribution in [0.2, 0.25) is 19.6 Å². The topological polar surface area (TPSA) is 9.23 Å². The first-order chi connectivity index (χ1) is 6.17. The molecule has 2 atom stereocenters. The first kappa shape index (κ1) is 11.8. The summed E-state index contributed by atoms with van der Waals surface area (Å²) < 4.78 is 6.30. The minimum atomic E-state index is -1.48. The zero-order valence-corrected chi connectivity index (χ0v) is 11.5. The smallest absolute Gasteiger partial charge is 0.185 e. The molecule has 1 nitrogen and oxygen atoms in total. The van der Waals surface area contributed by atoms with Gasteiger partial charge in [0.15, 0.2) is 8.32 Å². The summed E-state index contributed by atoms with van der Waals surface area (Å²) in [7, 11) is -1.48. The molecule has 1 aliphatic rings. The van der Waals surface area contributed by atoms with Gasteiger partial charge in [0.05, 0.1) is 5.60 Å². The van der Waals surface area contributed by atoms with Gasteiger partial charge in [-0.25, -0.2) is 0 Å². The van der Waals surface area contributed by atoms with Gasteiger partial charge < -0.3 is 4.43 Å². The number of hydrogen-bond donors (Lipinski definition) is 0. The van der Waals surface area contributed by atoms with Crippen molar-refractivity contribution in [3.63, 3.8) is 0 Å². The lowest BCUT2D eigenvalue weighted by molar-refractivity contribution is 0.0835. The van der Waals surface area contributed by atoms with E-state index in [9.17, 15) is 0 Å². The Morgan fingerprint density at radius 1 is 1.29 bits per heavy atom. The molecule has 0 aliphatic heterocycles. The van der Waals surface area contributed by atoms with Crippen molar-refractivity contribution >= 4 is 8.32 Å². The molecular weight excluding hydrogens is 188 g/mol. The second kappa shape index (κ2) is 3.37. The molecule has 1 aliphatic carbocycles. The standard InChI is InChI=1S/C12H22OSi/c1-9-8-10(2)12(4,11(9)3)13-14(5,6)7/h11H,1-7H3. The minimum absolute atomic E-state index is 0.103. The van der Waals surface area contributed by atoms with Crippen molar-refractivity contribution in [1.82, 2.24) is 0 Å². The third kappa shape index (κ3) is 2.03. The summed E-state index contributed by atoms with van der Waals surface area (Å²) in [6.07, 6.45) is 0. The molecule has 0 saturated carbocycles. The van der Waals surface area contributed by atoms with Crippen molar-refractivity contribution in [2.45, 2.75) is 52.9 Å². The van der Waals surface area contributed by atoms with Gasteiger partial charge in [0.25, 0.3) is 0 Å². The van der Waals surface area contributed by atoms with Crippen LogP contribution >= 0.6 is 0 Å². The fourth-order valence-electron chi connectivity index (χ4n) is 2.07. The second-order valence-electron chi connectivity index (χ2n) is 5.48. The Morgan fingerprint density at radius 2 is 1.79 bits per heavy atom. The van der Waals surface area contributed by atoms with E-state index in [-0.39, 0.29) is 5.60 Å². The average Bonchev–Trinajstić information content (AvgIpc) is 2.13. The van der Waals surface area contributed by atoms with Crippen LogP contribution in [0.5, 0.6) is 0 Å². The van der Waals surface area contributed by atoms with Crippen molar-refractivity contribution in [1.29, 1.82) is 0 Å². The highest BCUT2D eigenvalue weighted by atomic mass is 28.4. The molecule has 0 bridgehead atoms. The number of rotatable bonds is 2. The van der Waals surface area contributed by atoms with E-state index in [4.69, 9.17) is 4.43 Å². The lowest BCUT2D eigenvalue weighted by Crippen LogP contribution is -2.44. The van der Waals surface area contributed by atoms with Crippen molar-refractivity contribution in [2.75, 3.05) is 0 Å². The molecule has 0 aromatic rings. The Morgan fingerprint density at radius 3 is 2.07 bits per heavy atom. The Hall–Kier alpha value is -0.303. The Labute approximate surface area is 89.0 Å². The molecule has 2 unspecified atom stereocenters. The lowest BCUT2D eigenvalue weighted by Gasteiger charge is -2.38. The maximum absolute atomic E-state index is 6.30. The molecule has 2 heteroatoms. The molecule has 0 radical (unpaired) electrons. The van der Waals surface area contributed by atoms with E-state index < -0.39 is 8.32 Å². The highest BCUT2D eigenvalue weighted by Gasteiger charge is 2.41. The van der Waals surface area contributed by atoms with E-state index >= 15 is 0 Å². The van der Waals surface area contributed by atoms with Crippen LogP contribution in [-0.2, 0) is 4.43 Å². The Bertz CT molecular complexity index is 305. The first-order valence-electron chi connectivity index (χ1n) is 5.31. The van der Waals surface area contributed by atoms with Gasteiger partial charge in [-0.05, 0) is 51.6 Å². The van der Waals surface area contributed by atoms with Crippen LogP contribution in [0.25, 0.3) is 0 Å². The molecule has 14 heavy (non-hydrogen) atoms. The average molecular weight is 210 g/mol. The first-order valence-corrected chi connectivity index (χ1v) is 8.72. The van der Waals surface area contributed by atoms with Crippen LogP contribution in [-0.4, -0.2) is 13.9 Å². The van der Waals surface area contributed by atoms with Gasteiger partial charge in [0, 0.05) is 5.92 Å². The van der Waals surface area contributed by atoms with Crippen LogP contribution in [0, 0.1) is 5.92 Å². The van der Waals surface area contributed by atoms with Crippen molar-refractivity contribution in [3.05, 3.63) is 16.9 Å². The van der Waals surface area contributed by atoms with Crippen molar-refractivity contribution in [3.8, 4) is 0 Å². The highest BCUT2D eigenvalue weighted by Crippen LogP contribution is 2.40.